The quantitative estimate of drug-likeness (QED) is 0.628. The minimum atomic E-state index is -0.451. The molecule has 0 unspecified atom stereocenters. The van der Waals surface area contributed by atoms with Crippen LogP contribution < -0.4 is 5.32 Å². The normalized spacial score (nSPS) is 10.8. The van der Waals surface area contributed by atoms with Crippen molar-refractivity contribution >= 4 is 29.3 Å². The first-order chi connectivity index (χ1) is 13.3. The van der Waals surface area contributed by atoms with Crippen molar-refractivity contribution in [2.75, 3.05) is 11.9 Å². The summed E-state index contributed by atoms with van der Waals surface area (Å²) in [5, 5.41) is 7.85. The van der Waals surface area contributed by atoms with E-state index in [0.717, 1.165) is 11.4 Å². The molecule has 28 heavy (non-hydrogen) atoms. The van der Waals surface area contributed by atoms with Gasteiger partial charge in [-0.05, 0) is 51.5 Å². The number of hydrogen-bond donors (Lipinski definition) is 2. The Morgan fingerprint density at radius 2 is 2.00 bits per heavy atom. The zero-order valence-electron chi connectivity index (χ0n) is 16.1. The number of rotatable bonds is 5. The number of hydrogen-bond acceptors (Lipinski definition) is 4. The predicted molar refractivity (Wildman–Crippen MR) is 107 cm³/mol. The molecule has 0 aliphatic carbocycles. The van der Waals surface area contributed by atoms with E-state index in [1.165, 1.54) is 0 Å². The van der Waals surface area contributed by atoms with Gasteiger partial charge in [0.15, 0.2) is 0 Å². The van der Waals surface area contributed by atoms with E-state index in [2.05, 4.69) is 15.4 Å². The van der Waals surface area contributed by atoms with Gasteiger partial charge in [0.1, 0.15) is 11.5 Å². The fourth-order valence-electron chi connectivity index (χ4n) is 3.06. The third kappa shape index (κ3) is 3.80. The SMILES string of the molecule is CCOC(=O)c1c(C)[nH]c(C(=O)Nc2cc(C)nn2-c2cccc(Cl)c2)c1C. The van der Waals surface area contributed by atoms with E-state index in [1.807, 2.05) is 19.1 Å². The third-order valence-corrected chi connectivity index (χ3v) is 4.51. The van der Waals surface area contributed by atoms with Crippen LogP contribution >= 0.6 is 11.6 Å². The Hall–Kier alpha value is -3.06. The molecule has 0 bridgehead atoms. The Morgan fingerprint density at radius 1 is 1.25 bits per heavy atom. The molecule has 2 heterocycles. The van der Waals surface area contributed by atoms with Crippen molar-refractivity contribution in [3.63, 3.8) is 0 Å². The van der Waals surface area contributed by atoms with E-state index in [4.69, 9.17) is 16.3 Å². The van der Waals surface area contributed by atoms with Gasteiger partial charge in [-0.15, -0.1) is 0 Å². The summed E-state index contributed by atoms with van der Waals surface area (Å²) in [6, 6.07) is 8.94. The molecule has 3 aromatic rings. The number of ether oxygens (including phenoxy) is 1. The molecular formula is C20H21ClN4O3. The van der Waals surface area contributed by atoms with Gasteiger partial charge >= 0.3 is 5.97 Å². The van der Waals surface area contributed by atoms with Crippen molar-refractivity contribution in [1.29, 1.82) is 0 Å². The van der Waals surface area contributed by atoms with Crippen LogP contribution in [0.3, 0.4) is 0 Å². The first-order valence-electron chi connectivity index (χ1n) is 8.82. The fourth-order valence-corrected chi connectivity index (χ4v) is 3.24. The van der Waals surface area contributed by atoms with Crippen LogP contribution in [0.1, 0.15) is 44.7 Å². The van der Waals surface area contributed by atoms with Gasteiger partial charge in [0.2, 0.25) is 0 Å². The number of esters is 1. The Labute approximate surface area is 167 Å². The van der Waals surface area contributed by atoms with Crippen molar-refractivity contribution in [3.05, 3.63) is 63.6 Å². The minimum absolute atomic E-state index is 0.266. The zero-order valence-corrected chi connectivity index (χ0v) is 16.8. The molecule has 0 aliphatic heterocycles. The van der Waals surface area contributed by atoms with Crippen LogP contribution in [0.4, 0.5) is 5.82 Å². The number of halogens is 1. The Bertz CT molecular complexity index is 1050. The summed E-state index contributed by atoms with van der Waals surface area (Å²) in [7, 11) is 0. The van der Waals surface area contributed by atoms with Crippen LogP contribution in [0.15, 0.2) is 30.3 Å². The summed E-state index contributed by atoms with van der Waals surface area (Å²) in [5.41, 5.74) is 3.27. The number of aryl methyl sites for hydroxylation is 2. The van der Waals surface area contributed by atoms with Gasteiger partial charge in [-0.3, -0.25) is 4.79 Å². The summed E-state index contributed by atoms with van der Waals surface area (Å²) >= 11 is 6.07. The summed E-state index contributed by atoms with van der Waals surface area (Å²) < 4.78 is 6.68. The number of carbonyl (C=O) groups excluding carboxylic acids is 2. The van der Waals surface area contributed by atoms with Gasteiger partial charge in [-0.1, -0.05) is 17.7 Å². The molecule has 0 aliphatic rings. The lowest BCUT2D eigenvalue weighted by molar-refractivity contribution is 0.0525. The van der Waals surface area contributed by atoms with Crippen LogP contribution in [-0.4, -0.2) is 33.2 Å². The number of aromatic nitrogens is 3. The van der Waals surface area contributed by atoms with Gasteiger partial charge in [-0.25, -0.2) is 9.48 Å². The highest BCUT2D eigenvalue weighted by atomic mass is 35.5. The number of nitrogens with one attached hydrogen (secondary N) is 2. The van der Waals surface area contributed by atoms with Crippen LogP contribution in [0.5, 0.6) is 0 Å². The summed E-state index contributed by atoms with van der Waals surface area (Å²) in [4.78, 5) is 28.0. The molecule has 0 radical (unpaired) electrons. The summed E-state index contributed by atoms with van der Waals surface area (Å²) in [5.74, 6) is -0.332. The maximum atomic E-state index is 12.9. The summed E-state index contributed by atoms with van der Waals surface area (Å²) in [6.07, 6.45) is 0. The first-order valence-corrected chi connectivity index (χ1v) is 9.19. The maximum absolute atomic E-state index is 12.9. The fraction of sp³-hybridized carbons (Fsp3) is 0.250. The van der Waals surface area contributed by atoms with Gasteiger partial charge in [-0.2, -0.15) is 5.10 Å². The molecule has 2 N–H and O–H groups in total. The highest BCUT2D eigenvalue weighted by molar-refractivity contribution is 6.30. The first kappa shape index (κ1) is 19.7. The second-order valence-electron chi connectivity index (χ2n) is 6.36. The molecule has 1 amide bonds. The molecule has 0 spiro atoms. The number of carbonyl (C=O) groups is 2. The van der Waals surface area contributed by atoms with Crippen LogP contribution in [0.2, 0.25) is 5.02 Å². The Balaban J connectivity index is 1.93. The molecule has 3 rings (SSSR count). The van der Waals surface area contributed by atoms with Gasteiger partial charge in [0.25, 0.3) is 5.91 Å². The molecule has 8 heteroatoms. The third-order valence-electron chi connectivity index (χ3n) is 4.27. The van der Waals surface area contributed by atoms with E-state index >= 15 is 0 Å². The van der Waals surface area contributed by atoms with E-state index in [0.29, 0.717) is 33.4 Å². The second-order valence-corrected chi connectivity index (χ2v) is 6.80. The highest BCUT2D eigenvalue weighted by Crippen LogP contribution is 2.23. The van der Waals surface area contributed by atoms with Crippen molar-refractivity contribution in [2.24, 2.45) is 0 Å². The molecule has 0 saturated carbocycles. The van der Waals surface area contributed by atoms with Crippen molar-refractivity contribution in [3.8, 4) is 5.69 Å². The standard InChI is InChI=1S/C20H21ClN4O3/c1-5-28-20(27)17-12(3)18(22-13(17)4)19(26)23-16-9-11(2)24-25(16)15-8-6-7-14(21)10-15/h6-10,22H,5H2,1-4H3,(H,23,26). The van der Waals surface area contributed by atoms with E-state index in [1.54, 1.807) is 43.7 Å². The molecule has 1 aromatic carbocycles. The number of H-pyrrole nitrogens is 1. The molecule has 0 fully saturated rings. The average Bonchev–Trinajstić information content (AvgIpc) is 3.14. The van der Waals surface area contributed by atoms with Crippen LogP contribution in [0.25, 0.3) is 5.69 Å². The number of nitrogens with zero attached hydrogens (tertiary/aromatic N) is 2. The number of benzene rings is 1. The molecule has 146 valence electrons. The smallest absolute Gasteiger partial charge is 0.340 e. The number of anilines is 1. The van der Waals surface area contributed by atoms with Crippen molar-refractivity contribution < 1.29 is 14.3 Å². The van der Waals surface area contributed by atoms with Crippen LogP contribution in [-0.2, 0) is 4.74 Å². The van der Waals surface area contributed by atoms with Gasteiger partial charge in [0.05, 0.1) is 23.6 Å². The largest absolute Gasteiger partial charge is 0.462 e. The zero-order chi connectivity index (χ0) is 20.4. The van der Waals surface area contributed by atoms with E-state index in [-0.39, 0.29) is 12.5 Å². The van der Waals surface area contributed by atoms with Crippen molar-refractivity contribution in [2.45, 2.75) is 27.7 Å². The lowest BCUT2D eigenvalue weighted by atomic mass is 10.1. The average molecular weight is 401 g/mol. The molecule has 0 atom stereocenters. The Kier molecular flexibility index (Phi) is 5.56. The topological polar surface area (TPSA) is 89.0 Å². The van der Waals surface area contributed by atoms with E-state index in [9.17, 15) is 9.59 Å². The molecule has 2 aromatic heterocycles. The lowest BCUT2D eigenvalue weighted by Gasteiger charge is -2.09. The minimum Gasteiger partial charge on any atom is -0.462 e. The van der Waals surface area contributed by atoms with Gasteiger partial charge < -0.3 is 15.0 Å². The number of amides is 1. The maximum Gasteiger partial charge on any atom is 0.340 e. The monoisotopic (exact) mass is 400 g/mol. The summed E-state index contributed by atoms with van der Waals surface area (Å²) in [6.45, 7) is 7.28. The van der Waals surface area contributed by atoms with E-state index < -0.39 is 5.97 Å². The van der Waals surface area contributed by atoms with Gasteiger partial charge in [0, 0.05) is 16.8 Å². The predicted octanol–water partition coefficient (Wildman–Crippen LogP) is 4.21. The molecular weight excluding hydrogens is 380 g/mol. The second kappa shape index (κ2) is 7.90. The number of aromatic amines is 1. The van der Waals surface area contributed by atoms with Crippen molar-refractivity contribution in [1.82, 2.24) is 14.8 Å². The molecule has 0 saturated heterocycles. The van der Waals surface area contributed by atoms with Crippen LogP contribution in [0, 0.1) is 20.8 Å². The molecule has 7 nitrogen and oxygen atoms in total. The highest BCUT2D eigenvalue weighted by Gasteiger charge is 2.23. The lowest BCUT2D eigenvalue weighted by Crippen LogP contribution is -2.17. The Morgan fingerprint density at radius 3 is 2.68 bits per heavy atom.